The molecule has 0 saturated carbocycles. The van der Waals surface area contributed by atoms with Gasteiger partial charge < -0.3 is 50.5 Å². The van der Waals surface area contributed by atoms with E-state index in [1.165, 1.54) is 289 Å². The average Bonchev–Trinajstić information content (AvgIpc) is 1.96. The van der Waals surface area contributed by atoms with Crippen molar-refractivity contribution in [2.45, 2.75) is 428 Å². The second-order valence-corrected chi connectivity index (χ2v) is 26.7. The number of hydrogen-bond acceptors (Lipinski definition) is 10. The minimum atomic E-state index is -1.67. The van der Waals surface area contributed by atoms with Gasteiger partial charge in [-0.25, -0.2) is 0 Å². The number of rotatable bonds is 67. The molecule has 1 fully saturated rings. The van der Waals surface area contributed by atoms with Crippen molar-refractivity contribution in [3.8, 4) is 0 Å². The van der Waals surface area contributed by atoms with Crippen molar-refractivity contribution in [1.82, 2.24) is 5.32 Å². The molecule has 1 aliphatic rings. The molecule has 1 heterocycles. The molecule has 8 N–H and O–H groups in total. The molecule has 87 heavy (non-hydrogen) atoms. The Labute approximate surface area is 537 Å². The molecule has 1 rings (SSSR count). The molecule has 1 aliphatic heterocycles. The Balaban J connectivity index is 2.18. The molecular formula is C76H145NO10. The van der Waals surface area contributed by atoms with Crippen molar-refractivity contribution in [3.05, 3.63) is 36.5 Å². The van der Waals surface area contributed by atoms with Crippen LogP contribution in [-0.4, -0.2) is 110 Å². The fourth-order valence-corrected chi connectivity index (χ4v) is 12.4. The predicted octanol–water partition coefficient (Wildman–Crippen LogP) is 18.9. The lowest BCUT2D eigenvalue weighted by Crippen LogP contribution is -2.60. The third kappa shape index (κ3) is 51.5. The maximum absolute atomic E-state index is 13.3. The van der Waals surface area contributed by atoms with E-state index in [1.807, 2.05) is 0 Å². The number of allylic oxidation sites excluding steroid dienone is 6. The van der Waals surface area contributed by atoms with E-state index in [0.717, 1.165) is 44.9 Å². The summed E-state index contributed by atoms with van der Waals surface area (Å²) in [6.07, 6.45) is 72.5. The van der Waals surface area contributed by atoms with Crippen LogP contribution in [0.1, 0.15) is 373 Å². The van der Waals surface area contributed by atoms with Crippen LogP contribution < -0.4 is 5.32 Å². The second-order valence-electron chi connectivity index (χ2n) is 26.7. The van der Waals surface area contributed by atoms with Crippen LogP contribution in [0.2, 0.25) is 0 Å². The number of ether oxygens (including phenoxy) is 2. The first kappa shape index (κ1) is 83.3. The SMILES string of the molecule is CCCCCCCCCCC/C=C\C/C=C\CCCCCCCCCCCCCCCCCCC(O)C(=O)NC(COC1OC(CO)C(O)C(O)C1O)C(O)C(O)CCC/C=C/CCCCCCCCCCCCCCCCCCCCCCCCC. The molecule has 0 spiro atoms. The molecule has 0 aromatic carbocycles. The molecule has 0 aromatic heterocycles. The van der Waals surface area contributed by atoms with Crippen molar-refractivity contribution in [1.29, 1.82) is 0 Å². The molecular weight excluding hydrogens is 1090 g/mol. The van der Waals surface area contributed by atoms with E-state index in [4.69, 9.17) is 9.47 Å². The largest absolute Gasteiger partial charge is 0.394 e. The van der Waals surface area contributed by atoms with Gasteiger partial charge in [0.2, 0.25) is 5.91 Å². The summed E-state index contributed by atoms with van der Waals surface area (Å²) in [5.41, 5.74) is 0. The fraction of sp³-hybridized carbons (Fsp3) is 0.908. The summed E-state index contributed by atoms with van der Waals surface area (Å²) in [5.74, 6) is -0.700. The van der Waals surface area contributed by atoms with Gasteiger partial charge in [-0.05, 0) is 70.6 Å². The zero-order valence-electron chi connectivity index (χ0n) is 57.0. The lowest BCUT2D eigenvalue weighted by molar-refractivity contribution is -0.303. The summed E-state index contributed by atoms with van der Waals surface area (Å²) >= 11 is 0. The van der Waals surface area contributed by atoms with Gasteiger partial charge in [-0.15, -0.1) is 0 Å². The van der Waals surface area contributed by atoms with Gasteiger partial charge in [-0.1, -0.05) is 339 Å². The first-order valence-electron chi connectivity index (χ1n) is 37.9. The van der Waals surface area contributed by atoms with Crippen molar-refractivity contribution >= 4 is 5.91 Å². The Hall–Kier alpha value is -1.67. The highest BCUT2D eigenvalue weighted by Gasteiger charge is 2.44. The number of amides is 1. The van der Waals surface area contributed by atoms with Gasteiger partial charge in [0.25, 0.3) is 0 Å². The van der Waals surface area contributed by atoms with Gasteiger partial charge in [-0.3, -0.25) is 4.79 Å². The van der Waals surface area contributed by atoms with Crippen LogP contribution in [0.25, 0.3) is 0 Å². The summed E-state index contributed by atoms with van der Waals surface area (Å²) < 4.78 is 11.2. The maximum atomic E-state index is 13.3. The third-order valence-corrected chi connectivity index (χ3v) is 18.4. The molecule has 0 aliphatic carbocycles. The van der Waals surface area contributed by atoms with Gasteiger partial charge in [0, 0.05) is 0 Å². The van der Waals surface area contributed by atoms with Crippen LogP contribution in [0.15, 0.2) is 36.5 Å². The number of aliphatic hydroxyl groups is 7. The molecule has 9 unspecified atom stereocenters. The Morgan fingerprint density at radius 3 is 1.06 bits per heavy atom. The van der Waals surface area contributed by atoms with Crippen molar-refractivity contribution in [2.24, 2.45) is 0 Å². The van der Waals surface area contributed by atoms with Crippen molar-refractivity contribution in [2.75, 3.05) is 13.2 Å². The van der Waals surface area contributed by atoms with E-state index in [2.05, 4.69) is 55.6 Å². The van der Waals surface area contributed by atoms with Gasteiger partial charge in [0.15, 0.2) is 6.29 Å². The van der Waals surface area contributed by atoms with Crippen molar-refractivity contribution < 1.29 is 50.0 Å². The highest BCUT2D eigenvalue weighted by Crippen LogP contribution is 2.24. The molecule has 514 valence electrons. The van der Waals surface area contributed by atoms with Gasteiger partial charge in [0.1, 0.15) is 36.6 Å². The number of hydrogen-bond donors (Lipinski definition) is 8. The van der Waals surface area contributed by atoms with Gasteiger partial charge in [0.05, 0.1) is 25.4 Å². The second kappa shape index (κ2) is 64.4. The van der Waals surface area contributed by atoms with E-state index in [-0.39, 0.29) is 12.8 Å². The monoisotopic (exact) mass is 1230 g/mol. The van der Waals surface area contributed by atoms with E-state index >= 15 is 0 Å². The lowest BCUT2D eigenvalue weighted by Gasteiger charge is -2.40. The maximum Gasteiger partial charge on any atom is 0.249 e. The molecule has 9 atom stereocenters. The minimum Gasteiger partial charge on any atom is -0.394 e. The Morgan fingerprint density at radius 1 is 0.402 bits per heavy atom. The first-order valence-corrected chi connectivity index (χ1v) is 37.9. The smallest absolute Gasteiger partial charge is 0.249 e. The Kier molecular flexibility index (Phi) is 61.7. The summed E-state index contributed by atoms with van der Waals surface area (Å²) in [6.45, 7) is 3.50. The van der Waals surface area contributed by atoms with Gasteiger partial charge in [-0.2, -0.15) is 0 Å². The highest BCUT2D eigenvalue weighted by atomic mass is 16.7. The predicted molar refractivity (Wildman–Crippen MR) is 367 cm³/mol. The number of carbonyl (C=O) groups is 1. The fourth-order valence-electron chi connectivity index (χ4n) is 12.4. The molecule has 0 aromatic rings. The minimum absolute atomic E-state index is 0.256. The lowest BCUT2D eigenvalue weighted by atomic mass is 9.98. The van der Waals surface area contributed by atoms with E-state index in [1.54, 1.807) is 0 Å². The number of carbonyl (C=O) groups excluding carboxylic acids is 1. The number of aliphatic hydroxyl groups excluding tert-OH is 7. The van der Waals surface area contributed by atoms with Crippen LogP contribution >= 0.6 is 0 Å². The summed E-state index contributed by atoms with van der Waals surface area (Å²) in [4.78, 5) is 13.3. The third-order valence-electron chi connectivity index (χ3n) is 18.4. The van der Waals surface area contributed by atoms with Crippen LogP contribution in [0.3, 0.4) is 0 Å². The molecule has 11 heteroatoms. The van der Waals surface area contributed by atoms with E-state index in [0.29, 0.717) is 12.8 Å². The number of unbranched alkanes of at least 4 members (excludes halogenated alkanes) is 49. The normalized spacial score (nSPS) is 18.8. The van der Waals surface area contributed by atoms with E-state index < -0.39 is 74.2 Å². The highest BCUT2D eigenvalue weighted by molar-refractivity contribution is 5.80. The van der Waals surface area contributed by atoms with Crippen LogP contribution in [0.4, 0.5) is 0 Å². The first-order chi connectivity index (χ1) is 42.7. The molecule has 0 radical (unpaired) electrons. The summed E-state index contributed by atoms with van der Waals surface area (Å²) in [6, 6.07) is -1.19. The zero-order valence-corrected chi connectivity index (χ0v) is 57.0. The van der Waals surface area contributed by atoms with Crippen molar-refractivity contribution in [3.63, 3.8) is 0 Å². The Morgan fingerprint density at radius 2 is 0.713 bits per heavy atom. The molecule has 11 nitrogen and oxygen atoms in total. The molecule has 0 bridgehead atoms. The van der Waals surface area contributed by atoms with Crippen LogP contribution in [0, 0.1) is 0 Å². The quantitative estimate of drug-likeness (QED) is 0.0215. The topological polar surface area (TPSA) is 189 Å². The molecule has 1 amide bonds. The van der Waals surface area contributed by atoms with Crippen LogP contribution in [0.5, 0.6) is 0 Å². The van der Waals surface area contributed by atoms with Crippen LogP contribution in [-0.2, 0) is 14.3 Å². The zero-order chi connectivity index (χ0) is 63.1. The Bertz CT molecular complexity index is 1510. The number of nitrogens with one attached hydrogen (secondary N) is 1. The molecule has 1 saturated heterocycles. The van der Waals surface area contributed by atoms with E-state index in [9.17, 15) is 40.5 Å². The average molecular weight is 1230 g/mol. The summed E-state index contributed by atoms with van der Waals surface area (Å²) in [7, 11) is 0. The summed E-state index contributed by atoms with van der Waals surface area (Å²) in [5, 5.41) is 76.6. The van der Waals surface area contributed by atoms with Gasteiger partial charge >= 0.3 is 0 Å². The standard InChI is InChI=1S/C76H145NO10/c1-3-5-7-9-11-13-15-17-19-21-23-25-27-29-31-33-34-35-36-38-40-42-44-46-48-50-52-54-56-58-60-62-64-69(80)75(85)77-67(66-86-76-74(84)73(83)72(82)70(65-78)87-76)71(81)68(79)63-61-59-57-55-53-51-49-47-45-43-41-39-37-32-30-28-26-24-22-20-18-16-14-12-10-8-6-4-2/h23,25,29,31,55,57,67-74,76,78-84H,3-22,24,26-28,30,32-54,56,58-66H2,1-2H3,(H,77,85)/b25-23-,31-29-,57-55+.